The minimum atomic E-state index is -2.85. The van der Waals surface area contributed by atoms with Gasteiger partial charge in [-0.1, -0.05) is 16.0 Å². The van der Waals surface area contributed by atoms with Crippen LogP contribution in [0.1, 0.15) is 5.69 Å². The Bertz CT molecular complexity index is 525. The lowest BCUT2D eigenvalue weighted by Crippen LogP contribution is -2.02. The van der Waals surface area contributed by atoms with Crippen molar-refractivity contribution in [2.24, 2.45) is 11.4 Å². The molecular weight excluding hydrogens is 246 g/mol. The number of carbonyl (C=O) groups is 1. The molecule has 0 aliphatic carbocycles. The van der Waals surface area contributed by atoms with Gasteiger partial charge in [-0.05, 0) is 6.92 Å². The van der Waals surface area contributed by atoms with Crippen molar-refractivity contribution in [1.29, 1.82) is 0 Å². The Morgan fingerprint density at radius 3 is 2.60 bits per heavy atom. The van der Waals surface area contributed by atoms with Crippen molar-refractivity contribution in [1.82, 2.24) is 9.78 Å². The third kappa shape index (κ3) is 2.77. The highest BCUT2D eigenvalue weighted by Gasteiger charge is 2.16. The molecule has 1 amide bonds. The molecule has 1 heterocycles. The van der Waals surface area contributed by atoms with Crippen LogP contribution in [0.2, 0.25) is 5.15 Å². The van der Waals surface area contributed by atoms with E-state index in [1.165, 1.54) is 4.68 Å². The topological polar surface area (TPSA) is 90.6 Å². The predicted molar refractivity (Wildman–Crippen MR) is 50.3 cm³/mol. The van der Waals surface area contributed by atoms with Gasteiger partial charge in [0, 0.05) is 7.05 Å². The Morgan fingerprint density at radius 2 is 2.20 bits per heavy atom. The number of carbonyl (C=O) groups excluding carboxylic acids is 1. The summed E-state index contributed by atoms with van der Waals surface area (Å²) < 4.78 is 28.6. The van der Waals surface area contributed by atoms with Crippen LogP contribution in [0.4, 0.5) is 4.79 Å². The van der Waals surface area contributed by atoms with Gasteiger partial charge in [-0.15, -0.1) is 0 Å². The van der Waals surface area contributed by atoms with Gasteiger partial charge in [-0.25, -0.2) is 4.79 Å². The fourth-order valence-corrected chi connectivity index (χ4v) is 1.27. The Hall–Kier alpha value is -1.41. The van der Waals surface area contributed by atoms with Crippen molar-refractivity contribution in [3.05, 3.63) is 10.8 Å². The van der Waals surface area contributed by atoms with Gasteiger partial charge in [-0.2, -0.15) is 13.5 Å². The molecule has 82 valence electrons. The Balaban J connectivity index is 3.00. The number of aryl methyl sites for hydroxylation is 2. The first-order valence-electron chi connectivity index (χ1n) is 3.64. The standard InChI is InChI=1S/C6H6ClN3O4S/c1-3-4(5(7)10(2)8-3)14-6(11)9-15(12)13/h1-2H3. The fourth-order valence-electron chi connectivity index (χ4n) is 0.893. The van der Waals surface area contributed by atoms with E-state index in [1.807, 2.05) is 0 Å². The maximum atomic E-state index is 10.9. The first kappa shape index (κ1) is 11.7. The molecule has 0 saturated carbocycles. The summed E-state index contributed by atoms with van der Waals surface area (Å²) in [5.74, 6) is -0.00151. The molecule has 0 aliphatic heterocycles. The minimum absolute atomic E-state index is 0.00151. The number of rotatable bonds is 1. The SMILES string of the molecule is Cc1nn(C)c(Cl)c1OC(=O)N=S(=O)=O. The monoisotopic (exact) mass is 251 g/mol. The molecule has 0 aromatic carbocycles. The third-order valence-corrected chi connectivity index (χ3v) is 2.15. The number of halogens is 1. The molecule has 7 nitrogen and oxygen atoms in total. The number of amides is 1. The van der Waals surface area contributed by atoms with Crippen molar-refractivity contribution in [2.75, 3.05) is 0 Å². The van der Waals surface area contributed by atoms with Crippen molar-refractivity contribution >= 4 is 28.2 Å². The number of nitrogens with zero attached hydrogens (tertiary/aromatic N) is 3. The van der Waals surface area contributed by atoms with Gasteiger partial charge < -0.3 is 4.74 Å². The lowest BCUT2D eigenvalue weighted by Gasteiger charge is -1.97. The molecule has 0 fully saturated rings. The van der Waals surface area contributed by atoms with Crippen LogP contribution in [0.25, 0.3) is 0 Å². The Labute approximate surface area is 91.3 Å². The van der Waals surface area contributed by atoms with Crippen LogP contribution in [-0.4, -0.2) is 24.3 Å². The molecule has 1 aromatic rings. The molecule has 0 saturated heterocycles. The number of ether oxygens (including phenoxy) is 1. The molecule has 1 aromatic heterocycles. The van der Waals surface area contributed by atoms with Gasteiger partial charge in [0.2, 0.25) is 0 Å². The van der Waals surface area contributed by atoms with Crippen molar-refractivity contribution in [2.45, 2.75) is 6.92 Å². The first-order valence-corrected chi connectivity index (χ1v) is 5.05. The van der Waals surface area contributed by atoms with E-state index in [2.05, 4.69) is 14.2 Å². The van der Waals surface area contributed by atoms with Gasteiger partial charge in [0.15, 0.2) is 10.9 Å². The summed E-state index contributed by atoms with van der Waals surface area (Å²) in [5, 5.41) is 3.95. The van der Waals surface area contributed by atoms with Gasteiger partial charge in [0.05, 0.1) is 0 Å². The van der Waals surface area contributed by atoms with E-state index in [0.717, 1.165) is 0 Å². The molecule has 0 aliphatic rings. The second-order valence-electron chi connectivity index (χ2n) is 2.51. The van der Waals surface area contributed by atoms with Crippen LogP contribution < -0.4 is 4.74 Å². The van der Waals surface area contributed by atoms with E-state index < -0.39 is 16.6 Å². The first-order chi connectivity index (χ1) is 6.91. The zero-order valence-electron chi connectivity index (χ0n) is 7.76. The normalized spacial score (nSPS) is 9.80. The third-order valence-electron chi connectivity index (χ3n) is 1.44. The molecule has 15 heavy (non-hydrogen) atoms. The summed E-state index contributed by atoms with van der Waals surface area (Å²) in [7, 11) is -1.29. The molecule has 0 spiro atoms. The molecule has 9 heteroatoms. The number of hydrogen-bond donors (Lipinski definition) is 0. The summed E-state index contributed by atoms with van der Waals surface area (Å²) >= 11 is 5.72. The van der Waals surface area contributed by atoms with Crippen molar-refractivity contribution < 1.29 is 17.9 Å². The summed E-state index contributed by atoms with van der Waals surface area (Å²) in [5.41, 5.74) is 0.364. The number of hydrogen-bond acceptors (Lipinski definition) is 5. The van der Waals surface area contributed by atoms with E-state index in [4.69, 9.17) is 11.6 Å². The van der Waals surface area contributed by atoms with E-state index in [9.17, 15) is 13.2 Å². The van der Waals surface area contributed by atoms with E-state index >= 15 is 0 Å². The van der Waals surface area contributed by atoms with Crippen LogP contribution in [0.5, 0.6) is 5.75 Å². The maximum Gasteiger partial charge on any atom is 0.454 e. The van der Waals surface area contributed by atoms with Gasteiger partial charge in [-0.3, -0.25) is 4.68 Å². The van der Waals surface area contributed by atoms with Crippen LogP contribution >= 0.6 is 11.6 Å². The van der Waals surface area contributed by atoms with Gasteiger partial charge >= 0.3 is 16.6 Å². The van der Waals surface area contributed by atoms with Crippen LogP contribution in [0.3, 0.4) is 0 Å². The second kappa shape index (κ2) is 4.41. The summed E-state index contributed by atoms with van der Waals surface area (Å²) in [6, 6.07) is 0. The predicted octanol–water partition coefficient (Wildman–Crippen LogP) is 0.943. The maximum absolute atomic E-state index is 10.9. The smallest absolute Gasteiger partial charge is 0.403 e. The van der Waals surface area contributed by atoms with Crippen molar-refractivity contribution in [3.8, 4) is 5.75 Å². The highest BCUT2D eigenvalue weighted by Crippen LogP contribution is 2.27. The molecule has 0 N–H and O–H groups in total. The highest BCUT2D eigenvalue weighted by atomic mass is 35.5. The average Bonchev–Trinajstić information content (AvgIpc) is 2.31. The molecule has 0 radical (unpaired) electrons. The minimum Gasteiger partial charge on any atom is -0.403 e. The largest absolute Gasteiger partial charge is 0.454 e. The van der Waals surface area contributed by atoms with Gasteiger partial charge in [0.1, 0.15) is 5.69 Å². The van der Waals surface area contributed by atoms with E-state index in [0.29, 0.717) is 5.69 Å². The molecule has 1 rings (SSSR count). The summed E-state index contributed by atoms with van der Waals surface area (Å²) in [6.07, 6.45) is -1.26. The molecule has 0 bridgehead atoms. The van der Waals surface area contributed by atoms with E-state index in [1.54, 1.807) is 14.0 Å². The van der Waals surface area contributed by atoms with Crippen LogP contribution in [0, 0.1) is 6.92 Å². The lowest BCUT2D eigenvalue weighted by atomic mass is 10.4. The zero-order chi connectivity index (χ0) is 11.6. The molecule has 0 atom stereocenters. The van der Waals surface area contributed by atoms with Crippen LogP contribution in [0.15, 0.2) is 4.36 Å². The summed E-state index contributed by atoms with van der Waals surface area (Å²) in [4.78, 5) is 10.9. The quantitative estimate of drug-likeness (QED) is 0.741. The summed E-state index contributed by atoms with van der Waals surface area (Å²) in [6.45, 7) is 1.56. The Kier molecular flexibility index (Phi) is 3.43. The average molecular weight is 252 g/mol. The Morgan fingerprint density at radius 1 is 1.60 bits per heavy atom. The zero-order valence-corrected chi connectivity index (χ0v) is 9.33. The van der Waals surface area contributed by atoms with Gasteiger partial charge in [0.25, 0.3) is 0 Å². The molecule has 0 unspecified atom stereocenters. The van der Waals surface area contributed by atoms with E-state index in [-0.39, 0.29) is 10.9 Å². The lowest BCUT2D eigenvalue weighted by molar-refractivity contribution is 0.211. The second-order valence-corrected chi connectivity index (χ2v) is 3.48. The number of aromatic nitrogens is 2. The highest BCUT2D eigenvalue weighted by molar-refractivity contribution is 7.62. The van der Waals surface area contributed by atoms with Crippen molar-refractivity contribution in [3.63, 3.8) is 0 Å². The van der Waals surface area contributed by atoms with Crippen LogP contribution in [-0.2, 0) is 17.5 Å². The molecular formula is C6H6ClN3O4S. The fraction of sp³-hybridized carbons (Fsp3) is 0.333.